The van der Waals surface area contributed by atoms with Crippen molar-refractivity contribution in [3.63, 3.8) is 0 Å². The molecule has 0 aromatic carbocycles. The van der Waals surface area contributed by atoms with Gasteiger partial charge in [-0.15, -0.1) is 0 Å². The molecule has 0 unspecified atom stereocenters. The van der Waals surface area contributed by atoms with Crippen molar-refractivity contribution in [2.24, 2.45) is 0 Å². The Morgan fingerprint density at radius 3 is 1.06 bits per heavy atom. The predicted molar refractivity (Wildman–Crippen MR) is 283 cm³/mol. The van der Waals surface area contributed by atoms with E-state index < -0.39 is 6.10 Å². The number of carbonyl (C=O) groups excluding carboxylic acids is 3. The minimum absolute atomic E-state index is 0.121. The van der Waals surface area contributed by atoms with Crippen LogP contribution >= 0.6 is 0 Å². The Hall–Kier alpha value is -3.93. The van der Waals surface area contributed by atoms with Gasteiger partial charge in [0.1, 0.15) is 13.2 Å². The van der Waals surface area contributed by atoms with Crippen LogP contribution in [0.3, 0.4) is 0 Å². The Morgan fingerprint density at radius 1 is 0.318 bits per heavy atom. The summed E-state index contributed by atoms with van der Waals surface area (Å²) in [6.45, 7) is 6.39. The van der Waals surface area contributed by atoms with Crippen LogP contribution in [0, 0.1) is 0 Å². The summed E-state index contributed by atoms with van der Waals surface area (Å²) in [5, 5.41) is 0. The molecule has 66 heavy (non-hydrogen) atoms. The second kappa shape index (κ2) is 53.7. The highest BCUT2D eigenvalue weighted by atomic mass is 16.6. The molecule has 0 fully saturated rings. The van der Waals surface area contributed by atoms with Gasteiger partial charge in [0.25, 0.3) is 0 Å². The zero-order valence-electron chi connectivity index (χ0n) is 42.7. The quantitative estimate of drug-likeness (QED) is 0.0262. The van der Waals surface area contributed by atoms with Crippen LogP contribution in [0.1, 0.15) is 233 Å². The van der Waals surface area contributed by atoms with E-state index in [4.69, 9.17) is 14.2 Å². The first-order valence-electron chi connectivity index (χ1n) is 26.9. The van der Waals surface area contributed by atoms with Gasteiger partial charge in [-0.05, 0) is 122 Å². The van der Waals surface area contributed by atoms with Crippen molar-refractivity contribution >= 4 is 17.9 Å². The van der Waals surface area contributed by atoms with E-state index in [2.05, 4.69) is 130 Å². The van der Waals surface area contributed by atoms with Gasteiger partial charge < -0.3 is 14.2 Å². The summed E-state index contributed by atoms with van der Waals surface area (Å²) in [5.74, 6) is -1.03. The Labute approximate surface area is 406 Å². The van der Waals surface area contributed by atoms with E-state index in [0.29, 0.717) is 25.7 Å². The molecule has 0 saturated carbocycles. The largest absolute Gasteiger partial charge is 0.462 e. The van der Waals surface area contributed by atoms with E-state index in [9.17, 15) is 14.4 Å². The predicted octanol–water partition coefficient (Wildman–Crippen LogP) is 17.9. The molecule has 0 aliphatic heterocycles. The van der Waals surface area contributed by atoms with Gasteiger partial charge in [0.05, 0.1) is 0 Å². The van der Waals surface area contributed by atoms with Crippen molar-refractivity contribution in [1.29, 1.82) is 0 Å². The molecular formula is C60H98O6. The summed E-state index contributed by atoms with van der Waals surface area (Å²) in [4.78, 5) is 38.0. The highest BCUT2D eigenvalue weighted by Gasteiger charge is 2.19. The molecule has 0 aliphatic carbocycles. The molecule has 374 valence electrons. The summed E-state index contributed by atoms with van der Waals surface area (Å²) in [5.41, 5.74) is 0. The lowest BCUT2D eigenvalue weighted by molar-refractivity contribution is -0.167. The Bertz CT molecular complexity index is 1370. The van der Waals surface area contributed by atoms with Crippen LogP contribution in [0.15, 0.2) is 109 Å². The van der Waals surface area contributed by atoms with Gasteiger partial charge in [-0.25, -0.2) is 0 Å². The summed E-state index contributed by atoms with van der Waals surface area (Å²) < 4.78 is 16.7. The second-order valence-corrected chi connectivity index (χ2v) is 17.4. The number of rotatable bonds is 47. The smallest absolute Gasteiger partial charge is 0.306 e. The summed E-state index contributed by atoms with van der Waals surface area (Å²) in [6, 6.07) is 0. The van der Waals surface area contributed by atoms with Crippen LogP contribution in [0.25, 0.3) is 0 Å². The third-order valence-corrected chi connectivity index (χ3v) is 11.0. The molecule has 0 bridgehead atoms. The van der Waals surface area contributed by atoms with Crippen LogP contribution in [-0.2, 0) is 28.6 Å². The Morgan fingerprint density at radius 2 is 0.606 bits per heavy atom. The van der Waals surface area contributed by atoms with Crippen molar-refractivity contribution in [2.75, 3.05) is 13.2 Å². The maximum absolute atomic E-state index is 12.8. The van der Waals surface area contributed by atoms with Crippen molar-refractivity contribution < 1.29 is 28.6 Å². The van der Waals surface area contributed by atoms with Crippen molar-refractivity contribution in [3.05, 3.63) is 109 Å². The fourth-order valence-electron chi connectivity index (χ4n) is 6.95. The van der Waals surface area contributed by atoms with E-state index >= 15 is 0 Å². The highest BCUT2D eigenvalue weighted by molar-refractivity contribution is 5.71. The fourth-order valence-corrected chi connectivity index (χ4v) is 6.95. The number of unbranched alkanes of at least 4 members (excludes halogenated alkanes) is 18. The molecule has 0 heterocycles. The van der Waals surface area contributed by atoms with Crippen molar-refractivity contribution in [2.45, 2.75) is 239 Å². The summed E-state index contributed by atoms with van der Waals surface area (Å²) in [6.07, 6.45) is 72.2. The maximum atomic E-state index is 12.8. The lowest BCUT2D eigenvalue weighted by Crippen LogP contribution is -2.30. The highest BCUT2D eigenvalue weighted by Crippen LogP contribution is 2.13. The first-order chi connectivity index (χ1) is 32.5. The molecular weight excluding hydrogens is 817 g/mol. The van der Waals surface area contributed by atoms with Gasteiger partial charge in [-0.1, -0.05) is 201 Å². The fraction of sp³-hybridized carbons (Fsp3) is 0.650. The average molecular weight is 915 g/mol. The normalized spacial score (nSPS) is 13.0. The van der Waals surface area contributed by atoms with Gasteiger partial charge in [0.15, 0.2) is 6.10 Å². The molecule has 0 N–H and O–H groups in total. The first kappa shape index (κ1) is 62.1. The molecule has 0 spiro atoms. The van der Waals surface area contributed by atoms with Gasteiger partial charge in [-0.2, -0.15) is 0 Å². The van der Waals surface area contributed by atoms with Crippen LogP contribution in [0.5, 0.6) is 0 Å². The van der Waals surface area contributed by atoms with Gasteiger partial charge in [0.2, 0.25) is 0 Å². The van der Waals surface area contributed by atoms with Gasteiger partial charge in [0, 0.05) is 19.3 Å². The number of ether oxygens (including phenoxy) is 3. The van der Waals surface area contributed by atoms with Crippen LogP contribution in [0.2, 0.25) is 0 Å². The zero-order chi connectivity index (χ0) is 47.9. The van der Waals surface area contributed by atoms with Crippen molar-refractivity contribution in [1.82, 2.24) is 0 Å². The number of hydrogen-bond acceptors (Lipinski definition) is 6. The number of carbonyl (C=O) groups is 3. The molecule has 0 aliphatic rings. The van der Waals surface area contributed by atoms with Gasteiger partial charge in [-0.3, -0.25) is 14.4 Å². The van der Waals surface area contributed by atoms with Crippen LogP contribution < -0.4 is 0 Å². The molecule has 0 aromatic rings. The number of allylic oxidation sites excluding steroid dienone is 18. The summed E-state index contributed by atoms with van der Waals surface area (Å²) >= 11 is 0. The minimum Gasteiger partial charge on any atom is -0.462 e. The van der Waals surface area contributed by atoms with E-state index in [1.54, 1.807) is 0 Å². The molecule has 0 rings (SSSR count). The third-order valence-electron chi connectivity index (χ3n) is 11.0. The SMILES string of the molecule is CC/C=C\C/C=C\C/C=C\C/C=C\C/C=C\CCCC(=O)OC[C@@H](COC(=O)CCCC/C=C\C/C=C\C/C=C\CCCCC)OC(=O)CCCCCCC/C=C\CCCCCCCCC. The standard InChI is InChI=1S/C60H98O6/c1-4-7-10-13-16-19-22-25-28-30-33-35-38-41-44-47-50-53-59(62)65-56-57(55-64-58(61)52-49-46-43-40-37-34-31-27-24-21-18-15-12-9-6-3)66-60(63)54-51-48-45-42-39-36-32-29-26-23-20-17-14-11-8-5-2/h7,10,16,18-19,21,25,27-29,31-33,35,37,40-41,44,57H,4-6,8-9,11-15,17,20,22-24,26,30,34,36,38-39,42-43,45-56H2,1-3H3/b10-7-,19-16-,21-18-,28-25-,31-27-,32-29-,35-33-,40-37-,44-41-/t57-/m1/s1. The zero-order valence-corrected chi connectivity index (χ0v) is 42.7. The second-order valence-electron chi connectivity index (χ2n) is 17.4. The monoisotopic (exact) mass is 915 g/mol. The lowest BCUT2D eigenvalue weighted by atomic mass is 10.1. The number of esters is 3. The summed E-state index contributed by atoms with van der Waals surface area (Å²) in [7, 11) is 0. The first-order valence-corrected chi connectivity index (χ1v) is 26.9. The molecule has 0 saturated heterocycles. The molecule has 6 nitrogen and oxygen atoms in total. The minimum atomic E-state index is -0.822. The van der Waals surface area contributed by atoms with E-state index in [1.807, 2.05) is 0 Å². The third kappa shape index (κ3) is 51.1. The average Bonchev–Trinajstić information content (AvgIpc) is 3.31. The van der Waals surface area contributed by atoms with E-state index in [0.717, 1.165) is 96.3 Å². The topological polar surface area (TPSA) is 78.9 Å². The molecule has 0 amide bonds. The number of hydrogen-bond donors (Lipinski definition) is 0. The van der Waals surface area contributed by atoms with Gasteiger partial charge >= 0.3 is 17.9 Å². The Kier molecular flexibility index (Phi) is 50.5. The molecule has 1 atom stereocenters. The van der Waals surface area contributed by atoms with E-state index in [-0.39, 0.29) is 37.5 Å². The molecule has 6 heteroatoms. The molecule has 0 aromatic heterocycles. The lowest BCUT2D eigenvalue weighted by Gasteiger charge is -2.18. The molecule has 0 radical (unpaired) electrons. The van der Waals surface area contributed by atoms with Crippen molar-refractivity contribution in [3.8, 4) is 0 Å². The van der Waals surface area contributed by atoms with E-state index in [1.165, 1.54) is 83.5 Å². The van der Waals surface area contributed by atoms with Crippen LogP contribution in [-0.4, -0.2) is 37.2 Å². The van der Waals surface area contributed by atoms with Crippen LogP contribution in [0.4, 0.5) is 0 Å². The Balaban J connectivity index is 4.56. The maximum Gasteiger partial charge on any atom is 0.306 e.